The van der Waals surface area contributed by atoms with Gasteiger partial charge in [-0.15, -0.1) is 0 Å². The minimum absolute atomic E-state index is 0.167. The third kappa shape index (κ3) is 5.02. The number of hydrogen-bond donors (Lipinski definition) is 2. The molecule has 2 aromatic rings. The van der Waals surface area contributed by atoms with Crippen LogP contribution in [0.1, 0.15) is 32.4 Å². The SMILES string of the molecule is COC[C@H](NC(C(C)(C)C)P(=O)(O)c1ccccc1)c1ccccc1. The Morgan fingerprint density at radius 3 is 2.04 bits per heavy atom. The van der Waals surface area contributed by atoms with Crippen LogP contribution in [-0.4, -0.2) is 24.4 Å². The maximum Gasteiger partial charge on any atom is 0.246 e. The van der Waals surface area contributed by atoms with Crippen LogP contribution >= 0.6 is 7.37 Å². The maximum atomic E-state index is 13.4. The molecule has 25 heavy (non-hydrogen) atoms. The molecule has 0 fully saturated rings. The molecule has 136 valence electrons. The number of nitrogens with one attached hydrogen (secondary N) is 1. The van der Waals surface area contributed by atoms with Gasteiger partial charge in [0, 0.05) is 12.4 Å². The zero-order valence-corrected chi connectivity index (χ0v) is 16.2. The van der Waals surface area contributed by atoms with E-state index < -0.39 is 18.6 Å². The molecule has 2 aromatic carbocycles. The Hall–Kier alpha value is -1.45. The zero-order valence-electron chi connectivity index (χ0n) is 15.3. The van der Waals surface area contributed by atoms with Gasteiger partial charge in [0.25, 0.3) is 0 Å². The van der Waals surface area contributed by atoms with Gasteiger partial charge in [0.2, 0.25) is 7.37 Å². The highest BCUT2D eigenvalue weighted by molar-refractivity contribution is 7.66. The van der Waals surface area contributed by atoms with E-state index in [0.717, 1.165) is 5.56 Å². The largest absolute Gasteiger partial charge is 0.383 e. The Bertz CT molecular complexity index is 698. The molecule has 4 nitrogen and oxygen atoms in total. The van der Waals surface area contributed by atoms with Crippen molar-refractivity contribution in [3.63, 3.8) is 0 Å². The summed E-state index contributed by atoms with van der Waals surface area (Å²) in [6, 6.07) is 18.6. The van der Waals surface area contributed by atoms with Crippen LogP contribution in [0.25, 0.3) is 0 Å². The fourth-order valence-electron chi connectivity index (χ4n) is 2.95. The number of rotatable bonds is 7. The average Bonchev–Trinajstić information content (AvgIpc) is 2.59. The summed E-state index contributed by atoms with van der Waals surface area (Å²) in [5, 5.41) is 3.88. The van der Waals surface area contributed by atoms with E-state index in [2.05, 4.69) is 5.32 Å². The third-order valence-electron chi connectivity index (χ3n) is 4.19. The summed E-state index contributed by atoms with van der Waals surface area (Å²) in [5.41, 5.74) is 0.618. The summed E-state index contributed by atoms with van der Waals surface area (Å²) < 4.78 is 18.7. The van der Waals surface area contributed by atoms with Crippen LogP contribution in [0.15, 0.2) is 60.7 Å². The van der Waals surface area contributed by atoms with Crippen LogP contribution < -0.4 is 10.6 Å². The van der Waals surface area contributed by atoms with Crippen LogP contribution in [0.2, 0.25) is 0 Å². The summed E-state index contributed by atoms with van der Waals surface area (Å²) in [7, 11) is -2.00. The van der Waals surface area contributed by atoms with Crippen molar-refractivity contribution in [3.8, 4) is 0 Å². The second-order valence-electron chi connectivity index (χ2n) is 7.31. The van der Waals surface area contributed by atoms with E-state index in [-0.39, 0.29) is 6.04 Å². The van der Waals surface area contributed by atoms with Crippen LogP contribution in [-0.2, 0) is 9.30 Å². The molecule has 0 heterocycles. The highest BCUT2D eigenvalue weighted by Gasteiger charge is 2.42. The molecule has 0 amide bonds. The van der Waals surface area contributed by atoms with Gasteiger partial charge in [-0.3, -0.25) is 9.88 Å². The molecule has 0 saturated carbocycles. The quantitative estimate of drug-likeness (QED) is 0.734. The predicted octanol–water partition coefficient (Wildman–Crippen LogP) is 3.93. The molecule has 0 spiro atoms. The number of ether oxygens (including phenoxy) is 1. The van der Waals surface area contributed by atoms with Crippen LogP contribution in [0.3, 0.4) is 0 Å². The molecule has 0 aliphatic heterocycles. The van der Waals surface area contributed by atoms with E-state index >= 15 is 0 Å². The summed E-state index contributed by atoms with van der Waals surface area (Å²) in [4.78, 5) is 11.0. The van der Waals surface area contributed by atoms with E-state index in [0.29, 0.717) is 11.9 Å². The summed E-state index contributed by atoms with van der Waals surface area (Å²) in [6.07, 6.45) is 0. The van der Waals surface area contributed by atoms with Crippen molar-refractivity contribution < 1.29 is 14.2 Å². The maximum absolute atomic E-state index is 13.4. The minimum atomic E-state index is -3.64. The zero-order chi connectivity index (χ0) is 18.5. The molecule has 3 atom stereocenters. The van der Waals surface area contributed by atoms with Crippen molar-refractivity contribution in [2.24, 2.45) is 5.41 Å². The molecule has 2 rings (SSSR count). The standard InChI is InChI=1S/C20H28NO3P/c1-20(2,3)19(25(22,23)17-13-9-6-10-14-17)21-18(15-24-4)16-11-7-5-8-12-16/h5-14,18-19,21H,15H2,1-4H3,(H,22,23)/t18-,19?/m0/s1. The average molecular weight is 361 g/mol. The first-order chi connectivity index (χ1) is 11.8. The van der Waals surface area contributed by atoms with Gasteiger partial charge < -0.3 is 9.63 Å². The highest BCUT2D eigenvalue weighted by Crippen LogP contribution is 2.51. The summed E-state index contributed by atoms with van der Waals surface area (Å²) in [6.45, 7) is 6.35. The number of hydrogen-bond acceptors (Lipinski definition) is 3. The fraction of sp³-hybridized carbons (Fsp3) is 0.400. The summed E-state index contributed by atoms with van der Waals surface area (Å²) in [5.74, 6) is -0.609. The molecule has 0 aromatic heterocycles. The molecule has 2 unspecified atom stereocenters. The second-order valence-corrected chi connectivity index (χ2v) is 9.59. The molecule has 5 heteroatoms. The lowest BCUT2D eigenvalue weighted by Gasteiger charge is -2.37. The first-order valence-electron chi connectivity index (χ1n) is 8.45. The van der Waals surface area contributed by atoms with Gasteiger partial charge in [-0.2, -0.15) is 0 Å². The van der Waals surface area contributed by atoms with Crippen molar-refractivity contribution >= 4 is 12.7 Å². The topological polar surface area (TPSA) is 58.6 Å². The van der Waals surface area contributed by atoms with Gasteiger partial charge in [-0.1, -0.05) is 69.3 Å². The van der Waals surface area contributed by atoms with E-state index in [1.54, 1.807) is 31.4 Å². The monoisotopic (exact) mass is 361 g/mol. The smallest absolute Gasteiger partial charge is 0.246 e. The van der Waals surface area contributed by atoms with Gasteiger partial charge in [-0.25, -0.2) is 0 Å². The van der Waals surface area contributed by atoms with E-state index in [4.69, 9.17) is 4.74 Å². The lowest BCUT2D eigenvalue weighted by atomic mass is 9.95. The van der Waals surface area contributed by atoms with Crippen LogP contribution in [0.5, 0.6) is 0 Å². The van der Waals surface area contributed by atoms with Crippen LogP contribution in [0, 0.1) is 5.41 Å². The molecular formula is C20H28NO3P. The van der Waals surface area contributed by atoms with Gasteiger partial charge in [0.05, 0.1) is 18.4 Å². The third-order valence-corrected chi connectivity index (χ3v) is 6.85. The molecule has 0 radical (unpaired) electrons. The van der Waals surface area contributed by atoms with Crippen molar-refractivity contribution in [1.82, 2.24) is 5.32 Å². The number of benzene rings is 2. The highest BCUT2D eigenvalue weighted by atomic mass is 31.2. The summed E-state index contributed by atoms with van der Waals surface area (Å²) >= 11 is 0. The van der Waals surface area contributed by atoms with Crippen LogP contribution in [0.4, 0.5) is 0 Å². The Kier molecular flexibility index (Phi) is 6.59. The van der Waals surface area contributed by atoms with Crippen molar-refractivity contribution in [2.45, 2.75) is 32.6 Å². The Morgan fingerprint density at radius 2 is 1.56 bits per heavy atom. The predicted molar refractivity (Wildman–Crippen MR) is 103 cm³/mol. The van der Waals surface area contributed by atoms with Gasteiger partial charge in [0.1, 0.15) is 0 Å². The number of methoxy groups -OCH3 is 1. The van der Waals surface area contributed by atoms with Gasteiger partial charge in [-0.05, 0) is 23.1 Å². The fourth-order valence-corrected chi connectivity index (χ4v) is 5.28. The van der Waals surface area contributed by atoms with Gasteiger partial charge >= 0.3 is 0 Å². The minimum Gasteiger partial charge on any atom is -0.383 e. The Balaban J connectivity index is 2.39. The normalized spacial score (nSPS) is 16.8. The van der Waals surface area contributed by atoms with E-state index in [1.165, 1.54) is 0 Å². The molecule has 2 N–H and O–H groups in total. The molecule has 0 bridgehead atoms. The first kappa shape index (κ1) is 19.9. The first-order valence-corrected chi connectivity index (χ1v) is 10.2. The molecule has 0 aliphatic carbocycles. The van der Waals surface area contributed by atoms with Crippen molar-refractivity contribution in [1.29, 1.82) is 0 Å². The van der Waals surface area contributed by atoms with Crippen molar-refractivity contribution in [2.75, 3.05) is 13.7 Å². The molecular weight excluding hydrogens is 333 g/mol. The van der Waals surface area contributed by atoms with Crippen molar-refractivity contribution in [3.05, 3.63) is 66.2 Å². The molecule has 0 aliphatic rings. The van der Waals surface area contributed by atoms with E-state index in [1.807, 2.05) is 57.2 Å². The second kappa shape index (κ2) is 8.29. The molecule has 0 saturated heterocycles. The van der Waals surface area contributed by atoms with Gasteiger partial charge in [0.15, 0.2) is 0 Å². The lowest BCUT2D eigenvalue weighted by Crippen LogP contribution is -2.45. The Labute approximate surface area is 150 Å². The van der Waals surface area contributed by atoms with E-state index in [9.17, 15) is 9.46 Å². The Morgan fingerprint density at radius 1 is 1.04 bits per heavy atom. The lowest BCUT2D eigenvalue weighted by molar-refractivity contribution is 0.154.